The molecule has 1 saturated heterocycles. The Balaban J connectivity index is 1.35. The van der Waals surface area contributed by atoms with Crippen molar-refractivity contribution in [3.05, 3.63) is 106 Å². The topological polar surface area (TPSA) is 77.8 Å². The fourth-order valence-electron chi connectivity index (χ4n) is 4.36. The number of aromatic nitrogens is 1. The third-order valence-electron chi connectivity index (χ3n) is 6.29. The van der Waals surface area contributed by atoms with Gasteiger partial charge in [-0.05, 0) is 60.7 Å². The van der Waals surface area contributed by atoms with E-state index in [4.69, 9.17) is 9.47 Å². The van der Waals surface area contributed by atoms with Gasteiger partial charge < -0.3 is 14.0 Å². The Bertz CT molecular complexity index is 1550. The summed E-state index contributed by atoms with van der Waals surface area (Å²) in [6, 6.07) is 22.8. The summed E-state index contributed by atoms with van der Waals surface area (Å²) in [5.74, 6) is -0.0111. The number of hydrogen-bond donors (Lipinski definition) is 0. The number of rotatable bonds is 8. The van der Waals surface area contributed by atoms with Crippen molar-refractivity contribution in [2.75, 3.05) is 20.3 Å². The van der Waals surface area contributed by atoms with E-state index in [0.29, 0.717) is 22.8 Å². The Morgan fingerprint density at radius 1 is 1.00 bits per heavy atom. The largest absolute Gasteiger partial charge is 0.492 e. The number of benzene rings is 3. The molecular formula is C30H26N2O5S. The molecular weight excluding hydrogens is 500 g/mol. The van der Waals surface area contributed by atoms with Crippen LogP contribution in [0.2, 0.25) is 0 Å². The smallest absolute Gasteiger partial charge is 0.337 e. The quantitative estimate of drug-likeness (QED) is 0.210. The van der Waals surface area contributed by atoms with Crippen molar-refractivity contribution < 1.29 is 23.9 Å². The highest BCUT2D eigenvalue weighted by Gasteiger charge is 2.35. The van der Waals surface area contributed by atoms with Gasteiger partial charge in [0.25, 0.3) is 11.1 Å². The summed E-state index contributed by atoms with van der Waals surface area (Å²) in [7, 11) is 1.36. The van der Waals surface area contributed by atoms with Crippen LogP contribution in [0.15, 0.2) is 83.9 Å². The van der Waals surface area contributed by atoms with Crippen LogP contribution in [-0.2, 0) is 16.1 Å². The van der Waals surface area contributed by atoms with Gasteiger partial charge in [0, 0.05) is 29.2 Å². The van der Waals surface area contributed by atoms with E-state index < -0.39 is 0 Å². The zero-order valence-electron chi connectivity index (χ0n) is 21.0. The fraction of sp³-hybridized carbons (Fsp3) is 0.167. The zero-order chi connectivity index (χ0) is 26.6. The molecule has 0 unspecified atom stereocenters. The van der Waals surface area contributed by atoms with Crippen molar-refractivity contribution in [2.24, 2.45) is 0 Å². The van der Waals surface area contributed by atoms with Crippen molar-refractivity contribution in [1.82, 2.24) is 9.47 Å². The lowest BCUT2D eigenvalue weighted by molar-refractivity contribution is -0.123. The van der Waals surface area contributed by atoms with Gasteiger partial charge in [0.1, 0.15) is 12.4 Å². The number of carbonyl (C=O) groups excluding carboxylic acids is 3. The number of ether oxygens (including phenoxy) is 2. The molecule has 0 saturated carbocycles. The van der Waals surface area contributed by atoms with E-state index >= 15 is 0 Å². The van der Waals surface area contributed by atoms with Gasteiger partial charge in [0.15, 0.2) is 0 Å². The summed E-state index contributed by atoms with van der Waals surface area (Å²) in [5, 5.41) is 0.656. The minimum absolute atomic E-state index is 0.175. The first kappa shape index (κ1) is 25.4. The van der Waals surface area contributed by atoms with Gasteiger partial charge in [0.2, 0.25) is 0 Å². The molecule has 0 atom stereocenters. The van der Waals surface area contributed by atoms with Crippen molar-refractivity contribution in [2.45, 2.75) is 13.5 Å². The maximum absolute atomic E-state index is 13.1. The number of aryl methyl sites for hydroxylation is 1. The van der Waals surface area contributed by atoms with Crippen molar-refractivity contribution in [3.8, 4) is 5.75 Å². The number of methoxy groups -OCH3 is 1. The van der Waals surface area contributed by atoms with E-state index in [-0.39, 0.29) is 30.3 Å². The molecule has 5 rings (SSSR count). The summed E-state index contributed by atoms with van der Waals surface area (Å²) in [6.45, 7) is 2.92. The first-order chi connectivity index (χ1) is 18.4. The van der Waals surface area contributed by atoms with Gasteiger partial charge in [-0.15, -0.1) is 0 Å². The number of carbonyl (C=O) groups is 3. The lowest BCUT2D eigenvalue weighted by Crippen LogP contribution is -2.32. The van der Waals surface area contributed by atoms with Gasteiger partial charge in [-0.1, -0.05) is 48.0 Å². The standard InChI is InChI=1S/C30H26N2O5S/c1-20-10-12-24(13-11-20)37-15-14-32-28(33)27(38-30(32)35)17-23-19-31(26-9-4-3-8-25(23)26)18-21-6-5-7-22(16-21)29(34)36-2/h3-13,16-17,19H,14-15,18H2,1-2H3/b27-17-. The number of hydrogen-bond acceptors (Lipinski definition) is 6. The lowest BCUT2D eigenvalue weighted by atomic mass is 10.1. The molecule has 1 aliphatic heterocycles. The second-order valence-electron chi connectivity index (χ2n) is 8.92. The van der Waals surface area contributed by atoms with Gasteiger partial charge in [0.05, 0.1) is 24.1 Å². The van der Waals surface area contributed by atoms with Gasteiger partial charge in [-0.3, -0.25) is 14.5 Å². The Morgan fingerprint density at radius 2 is 1.79 bits per heavy atom. The maximum Gasteiger partial charge on any atom is 0.337 e. The van der Waals surface area contributed by atoms with Crippen LogP contribution in [0.4, 0.5) is 4.79 Å². The maximum atomic E-state index is 13.1. The molecule has 0 spiro atoms. The lowest BCUT2D eigenvalue weighted by Gasteiger charge is -2.13. The zero-order valence-corrected chi connectivity index (χ0v) is 21.9. The normalized spacial score (nSPS) is 14.5. The first-order valence-corrected chi connectivity index (χ1v) is 12.9. The van der Waals surface area contributed by atoms with Crippen LogP contribution >= 0.6 is 11.8 Å². The molecule has 1 fully saturated rings. The summed E-state index contributed by atoms with van der Waals surface area (Å²) in [5.41, 5.74) is 4.37. The average Bonchev–Trinajstić information content (AvgIpc) is 3.41. The van der Waals surface area contributed by atoms with E-state index in [1.807, 2.05) is 79.9 Å². The van der Waals surface area contributed by atoms with Crippen LogP contribution in [0, 0.1) is 6.92 Å². The van der Waals surface area contributed by atoms with Crippen molar-refractivity contribution >= 4 is 45.9 Å². The monoisotopic (exact) mass is 526 g/mol. The van der Waals surface area contributed by atoms with Crippen LogP contribution in [-0.4, -0.2) is 46.8 Å². The molecule has 2 amide bonds. The highest BCUT2D eigenvalue weighted by atomic mass is 32.2. The molecule has 2 heterocycles. The van der Waals surface area contributed by atoms with Crippen LogP contribution in [0.5, 0.6) is 5.75 Å². The molecule has 192 valence electrons. The van der Waals surface area contributed by atoms with E-state index in [1.165, 1.54) is 12.0 Å². The van der Waals surface area contributed by atoms with E-state index in [2.05, 4.69) is 4.57 Å². The van der Waals surface area contributed by atoms with Crippen LogP contribution in [0.1, 0.15) is 27.0 Å². The van der Waals surface area contributed by atoms with Gasteiger partial charge in [-0.2, -0.15) is 0 Å². The molecule has 4 aromatic rings. The Labute approximate surface area is 224 Å². The average molecular weight is 527 g/mol. The van der Waals surface area contributed by atoms with Gasteiger partial charge >= 0.3 is 5.97 Å². The van der Waals surface area contributed by atoms with Crippen LogP contribution in [0.25, 0.3) is 17.0 Å². The van der Waals surface area contributed by atoms with Crippen LogP contribution in [0.3, 0.4) is 0 Å². The SMILES string of the molecule is COC(=O)c1cccc(Cn2cc(/C=C3\SC(=O)N(CCOc4ccc(C)cc4)C3=O)c3ccccc32)c1. The number of fused-ring (bicyclic) bond motifs is 1. The third-order valence-corrected chi connectivity index (χ3v) is 7.19. The summed E-state index contributed by atoms with van der Waals surface area (Å²) in [6.07, 6.45) is 3.74. The van der Waals surface area contributed by atoms with E-state index in [9.17, 15) is 14.4 Å². The highest BCUT2D eigenvalue weighted by molar-refractivity contribution is 8.18. The van der Waals surface area contributed by atoms with Crippen LogP contribution < -0.4 is 4.74 Å². The Hall–Kier alpha value is -4.30. The van der Waals surface area contributed by atoms with Gasteiger partial charge in [-0.25, -0.2) is 4.79 Å². The summed E-state index contributed by atoms with van der Waals surface area (Å²) < 4.78 is 12.6. The molecule has 0 bridgehead atoms. The highest BCUT2D eigenvalue weighted by Crippen LogP contribution is 2.34. The number of imide groups is 1. The molecule has 7 nitrogen and oxygen atoms in total. The fourth-order valence-corrected chi connectivity index (χ4v) is 5.21. The molecule has 38 heavy (non-hydrogen) atoms. The molecule has 1 aromatic heterocycles. The Morgan fingerprint density at radius 3 is 2.58 bits per heavy atom. The second-order valence-corrected chi connectivity index (χ2v) is 9.91. The molecule has 0 aliphatic carbocycles. The Kier molecular flexibility index (Phi) is 7.33. The summed E-state index contributed by atoms with van der Waals surface area (Å²) in [4.78, 5) is 39.3. The molecule has 8 heteroatoms. The number of nitrogens with zero attached hydrogens (tertiary/aromatic N) is 2. The van der Waals surface area contributed by atoms with Crippen molar-refractivity contribution in [1.29, 1.82) is 0 Å². The predicted molar refractivity (Wildman–Crippen MR) is 148 cm³/mol. The molecule has 3 aromatic carbocycles. The minimum atomic E-state index is -0.384. The minimum Gasteiger partial charge on any atom is -0.492 e. The van der Waals surface area contributed by atoms with E-state index in [1.54, 1.807) is 12.1 Å². The third kappa shape index (κ3) is 5.35. The van der Waals surface area contributed by atoms with E-state index in [0.717, 1.165) is 39.4 Å². The molecule has 0 N–H and O–H groups in total. The number of esters is 1. The number of amides is 2. The first-order valence-electron chi connectivity index (χ1n) is 12.1. The molecule has 0 radical (unpaired) electrons. The number of thioether (sulfide) groups is 1. The predicted octanol–water partition coefficient (Wildman–Crippen LogP) is 5.90. The second kappa shape index (κ2) is 11.0. The van der Waals surface area contributed by atoms with Crippen molar-refractivity contribution in [3.63, 3.8) is 0 Å². The molecule has 1 aliphatic rings. The number of para-hydroxylation sites is 1. The summed E-state index contributed by atoms with van der Waals surface area (Å²) >= 11 is 0.937.